The molecule has 0 amide bonds. The normalized spacial score (nSPS) is 13.7. The van der Waals surface area contributed by atoms with Crippen molar-refractivity contribution in [1.29, 1.82) is 0 Å². The summed E-state index contributed by atoms with van der Waals surface area (Å²) in [7, 11) is 0. The van der Waals surface area contributed by atoms with E-state index in [1.54, 1.807) is 0 Å². The molecular formula is C9H13Cl3. The summed E-state index contributed by atoms with van der Waals surface area (Å²) in [6.07, 6.45) is 5.99. The summed E-state index contributed by atoms with van der Waals surface area (Å²) in [5.41, 5.74) is 1.01. The Hall–Kier alpha value is 0.350. The lowest BCUT2D eigenvalue weighted by Gasteiger charge is -2.01. The van der Waals surface area contributed by atoms with Gasteiger partial charge in [-0.25, -0.2) is 0 Å². The molecule has 0 heterocycles. The predicted molar refractivity (Wildman–Crippen MR) is 58.4 cm³/mol. The van der Waals surface area contributed by atoms with Gasteiger partial charge < -0.3 is 0 Å². The second-order valence-corrected chi connectivity index (χ2v) is 3.35. The van der Waals surface area contributed by atoms with E-state index in [4.69, 9.17) is 34.8 Å². The predicted octanol–water partition coefficient (Wildman–Crippen LogP) is 4.31. The fourth-order valence-corrected chi connectivity index (χ4v) is 1.40. The SMILES string of the molecule is CC/C=C/C/C(CCl)=C(/Cl)CCl. The van der Waals surface area contributed by atoms with Gasteiger partial charge in [0.1, 0.15) is 0 Å². The van der Waals surface area contributed by atoms with Crippen molar-refractivity contribution in [2.24, 2.45) is 0 Å². The van der Waals surface area contributed by atoms with Gasteiger partial charge in [-0.15, -0.1) is 23.2 Å². The first-order valence-corrected chi connectivity index (χ1v) is 5.34. The Morgan fingerprint density at radius 1 is 1.17 bits per heavy atom. The molecule has 0 aromatic heterocycles. The molecule has 0 saturated heterocycles. The number of hydrogen-bond acceptors (Lipinski definition) is 0. The Balaban J connectivity index is 4.08. The van der Waals surface area contributed by atoms with Crippen molar-refractivity contribution in [2.45, 2.75) is 19.8 Å². The van der Waals surface area contributed by atoms with Gasteiger partial charge in [-0.1, -0.05) is 30.7 Å². The topological polar surface area (TPSA) is 0 Å². The van der Waals surface area contributed by atoms with Crippen molar-refractivity contribution in [1.82, 2.24) is 0 Å². The van der Waals surface area contributed by atoms with Crippen LogP contribution in [-0.2, 0) is 0 Å². The van der Waals surface area contributed by atoms with Gasteiger partial charge in [-0.05, 0) is 18.4 Å². The summed E-state index contributed by atoms with van der Waals surface area (Å²) in [6.45, 7) is 2.09. The Bertz CT molecular complexity index is 171. The van der Waals surface area contributed by atoms with Crippen LogP contribution in [0.3, 0.4) is 0 Å². The summed E-state index contributed by atoms with van der Waals surface area (Å²) < 4.78 is 0. The van der Waals surface area contributed by atoms with E-state index >= 15 is 0 Å². The molecule has 3 heteroatoms. The molecule has 0 atom stereocenters. The molecule has 70 valence electrons. The maximum absolute atomic E-state index is 5.84. The molecule has 0 aromatic rings. The minimum absolute atomic E-state index is 0.351. The van der Waals surface area contributed by atoms with Gasteiger partial charge in [-0.3, -0.25) is 0 Å². The molecule has 0 fully saturated rings. The molecule has 0 N–H and O–H groups in total. The Kier molecular flexibility index (Phi) is 8.20. The lowest BCUT2D eigenvalue weighted by atomic mass is 10.2. The highest BCUT2D eigenvalue weighted by atomic mass is 35.5. The second kappa shape index (κ2) is 7.97. The van der Waals surface area contributed by atoms with Crippen molar-refractivity contribution < 1.29 is 0 Å². The van der Waals surface area contributed by atoms with E-state index in [2.05, 4.69) is 19.1 Å². The molecule has 0 unspecified atom stereocenters. The maximum Gasteiger partial charge on any atom is 0.0581 e. The first-order valence-electron chi connectivity index (χ1n) is 3.89. The van der Waals surface area contributed by atoms with E-state index in [9.17, 15) is 0 Å². The standard InChI is InChI=1S/C9H13Cl3/c1-2-3-4-5-8(6-10)9(12)7-11/h3-4H,2,5-7H2,1H3/b4-3+,9-8-. The lowest BCUT2D eigenvalue weighted by Crippen LogP contribution is -1.88. The minimum atomic E-state index is 0.351. The smallest absolute Gasteiger partial charge is 0.0581 e. The fraction of sp³-hybridized carbons (Fsp3) is 0.556. The van der Waals surface area contributed by atoms with E-state index in [1.807, 2.05) is 0 Å². The van der Waals surface area contributed by atoms with Gasteiger partial charge in [-0.2, -0.15) is 0 Å². The van der Waals surface area contributed by atoms with Gasteiger partial charge in [0.2, 0.25) is 0 Å². The van der Waals surface area contributed by atoms with E-state index in [0.717, 1.165) is 18.4 Å². The van der Waals surface area contributed by atoms with Crippen LogP contribution in [0, 0.1) is 0 Å². The molecule has 0 aliphatic rings. The number of hydrogen-bond donors (Lipinski definition) is 0. The Morgan fingerprint density at radius 3 is 2.25 bits per heavy atom. The maximum atomic E-state index is 5.84. The lowest BCUT2D eigenvalue weighted by molar-refractivity contribution is 1.15. The molecule has 0 saturated carbocycles. The summed E-state index contributed by atoms with van der Waals surface area (Å²) in [5.74, 6) is 0.809. The van der Waals surface area contributed by atoms with Crippen LogP contribution in [-0.4, -0.2) is 11.8 Å². The van der Waals surface area contributed by atoms with Crippen molar-refractivity contribution in [2.75, 3.05) is 11.8 Å². The van der Waals surface area contributed by atoms with Crippen molar-refractivity contribution in [3.63, 3.8) is 0 Å². The van der Waals surface area contributed by atoms with Crippen LogP contribution in [0.1, 0.15) is 19.8 Å². The molecular weight excluding hydrogens is 214 g/mol. The third-order valence-electron chi connectivity index (χ3n) is 1.43. The van der Waals surface area contributed by atoms with E-state index in [0.29, 0.717) is 16.8 Å². The molecule has 12 heavy (non-hydrogen) atoms. The monoisotopic (exact) mass is 226 g/mol. The van der Waals surface area contributed by atoms with Crippen LogP contribution < -0.4 is 0 Å². The molecule has 0 aliphatic carbocycles. The minimum Gasteiger partial charge on any atom is -0.122 e. The third-order valence-corrected chi connectivity index (χ3v) is 2.56. The highest BCUT2D eigenvalue weighted by Gasteiger charge is 1.99. The molecule has 0 bridgehead atoms. The van der Waals surface area contributed by atoms with Crippen molar-refractivity contribution >= 4 is 34.8 Å². The van der Waals surface area contributed by atoms with Gasteiger partial charge in [0.15, 0.2) is 0 Å². The Morgan fingerprint density at radius 2 is 1.83 bits per heavy atom. The highest BCUT2D eigenvalue weighted by molar-refractivity contribution is 6.36. The van der Waals surface area contributed by atoms with E-state index < -0.39 is 0 Å². The second-order valence-electron chi connectivity index (χ2n) is 2.36. The zero-order chi connectivity index (χ0) is 9.40. The summed E-state index contributed by atoms with van der Waals surface area (Å²) in [6, 6.07) is 0. The third kappa shape index (κ3) is 5.08. The zero-order valence-electron chi connectivity index (χ0n) is 7.12. The van der Waals surface area contributed by atoms with E-state index in [-0.39, 0.29) is 0 Å². The average Bonchev–Trinajstić information content (AvgIpc) is 2.11. The number of alkyl halides is 2. The highest BCUT2D eigenvalue weighted by Crippen LogP contribution is 2.16. The van der Waals surface area contributed by atoms with Gasteiger partial charge in [0, 0.05) is 10.9 Å². The van der Waals surface area contributed by atoms with Crippen LogP contribution in [0.2, 0.25) is 0 Å². The molecule has 0 radical (unpaired) electrons. The fourth-order valence-electron chi connectivity index (χ4n) is 0.725. The van der Waals surface area contributed by atoms with Crippen LogP contribution in [0.4, 0.5) is 0 Å². The van der Waals surface area contributed by atoms with Gasteiger partial charge >= 0.3 is 0 Å². The number of halogens is 3. The first kappa shape index (κ1) is 12.3. The zero-order valence-corrected chi connectivity index (χ0v) is 9.38. The van der Waals surface area contributed by atoms with E-state index in [1.165, 1.54) is 0 Å². The summed E-state index contributed by atoms with van der Waals surface area (Å²) in [4.78, 5) is 0. The average molecular weight is 228 g/mol. The summed E-state index contributed by atoms with van der Waals surface area (Å²) >= 11 is 17.1. The van der Waals surface area contributed by atoms with Crippen LogP contribution >= 0.6 is 34.8 Å². The van der Waals surface area contributed by atoms with Gasteiger partial charge in [0.05, 0.1) is 5.88 Å². The molecule has 0 spiro atoms. The van der Waals surface area contributed by atoms with Crippen molar-refractivity contribution in [3.05, 3.63) is 22.8 Å². The van der Waals surface area contributed by atoms with Crippen molar-refractivity contribution in [3.8, 4) is 0 Å². The first-order chi connectivity index (χ1) is 5.76. The number of allylic oxidation sites excluding steroid dienone is 4. The molecule has 0 rings (SSSR count). The molecule has 0 aliphatic heterocycles. The van der Waals surface area contributed by atoms with Crippen LogP contribution in [0.25, 0.3) is 0 Å². The van der Waals surface area contributed by atoms with Crippen LogP contribution in [0.15, 0.2) is 22.8 Å². The molecule has 0 nitrogen and oxygen atoms in total. The Labute approximate surface area is 89.2 Å². The number of rotatable bonds is 5. The van der Waals surface area contributed by atoms with Crippen LogP contribution in [0.5, 0.6) is 0 Å². The van der Waals surface area contributed by atoms with Gasteiger partial charge in [0.25, 0.3) is 0 Å². The quantitative estimate of drug-likeness (QED) is 0.485. The largest absolute Gasteiger partial charge is 0.122 e. The summed E-state index contributed by atoms with van der Waals surface area (Å²) in [5, 5.41) is 0.674. The molecule has 0 aromatic carbocycles.